The van der Waals surface area contributed by atoms with Crippen LogP contribution in [0.4, 0.5) is 0 Å². The molecule has 0 heterocycles. The molecule has 2 heteroatoms. The monoisotopic (exact) mass is 434 g/mol. The Balaban J connectivity index is 1.37. The quantitative estimate of drug-likeness (QED) is 0.208. The van der Waals surface area contributed by atoms with Gasteiger partial charge in [0.15, 0.2) is 0 Å². The minimum Gasteiger partial charge on any atom is -0.423 e. The molecule has 0 saturated carbocycles. The van der Waals surface area contributed by atoms with E-state index in [2.05, 4.69) is 68.4 Å². The average Bonchev–Trinajstić information content (AvgIpc) is 2.86. The fourth-order valence-electron chi connectivity index (χ4n) is 4.06. The van der Waals surface area contributed by atoms with Crippen molar-refractivity contribution in [2.75, 3.05) is 0 Å². The topological polar surface area (TPSA) is 26.3 Å². The first-order valence-electron chi connectivity index (χ1n) is 11.7. The highest BCUT2D eigenvalue weighted by atomic mass is 16.5. The molecule has 2 nitrogen and oxygen atoms in total. The average molecular weight is 435 g/mol. The number of ether oxygens (including phenoxy) is 1. The van der Waals surface area contributed by atoms with Gasteiger partial charge in [0.2, 0.25) is 0 Å². The fraction of sp³-hybridized carbons (Fsp3) is 0.194. The van der Waals surface area contributed by atoms with Gasteiger partial charge in [0, 0.05) is 0 Å². The molecule has 166 valence electrons. The Hall–Kier alpha value is -3.65. The summed E-state index contributed by atoms with van der Waals surface area (Å²) in [5.41, 5.74) is 6.70. The van der Waals surface area contributed by atoms with Crippen LogP contribution in [0.15, 0.2) is 103 Å². The van der Waals surface area contributed by atoms with E-state index in [1.54, 1.807) is 0 Å². The summed E-state index contributed by atoms with van der Waals surface area (Å²) in [7, 11) is 0. The number of hydrogen-bond donors (Lipinski definition) is 0. The number of aryl methyl sites for hydroxylation is 1. The summed E-state index contributed by atoms with van der Waals surface area (Å²) in [6.07, 6.45) is 3.14. The third kappa shape index (κ3) is 5.98. The first-order valence-corrected chi connectivity index (χ1v) is 11.7. The SMILES string of the molecule is CCCc1ccc(OC(=O)c2ccc(-c3ccc(C[C@H](C)c4ccccc4)cc3)cc2)cc1. The molecule has 0 aliphatic rings. The Bertz CT molecular complexity index is 1160. The molecule has 0 bridgehead atoms. The second-order valence-electron chi connectivity index (χ2n) is 8.57. The fourth-order valence-corrected chi connectivity index (χ4v) is 4.06. The summed E-state index contributed by atoms with van der Waals surface area (Å²) < 4.78 is 5.53. The van der Waals surface area contributed by atoms with Crippen molar-refractivity contribution in [1.82, 2.24) is 0 Å². The molecule has 4 aromatic rings. The predicted molar refractivity (Wildman–Crippen MR) is 136 cm³/mol. The van der Waals surface area contributed by atoms with Crippen molar-refractivity contribution in [2.24, 2.45) is 0 Å². The van der Waals surface area contributed by atoms with Crippen molar-refractivity contribution in [3.8, 4) is 16.9 Å². The van der Waals surface area contributed by atoms with Crippen LogP contribution in [0.3, 0.4) is 0 Å². The van der Waals surface area contributed by atoms with Gasteiger partial charge in [-0.15, -0.1) is 0 Å². The highest BCUT2D eigenvalue weighted by molar-refractivity contribution is 5.91. The first-order chi connectivity index (χ1) is 16.1. The Morgan fingerprint density at radius 2 is 1.30 bits per heavy atom. The minimum atomic E-state index is -0.338. The van der Waals surface area contributed by atoms with Crippen LogP contribution in [0, 0.1) is 0 Å². The van der Waals surface area contributed by atoms with E-state index in [1.807, 2.05) is 48.5 Å². The van der Waals surface area contributed by atoms with Crippen LogP contribution < -0.4 is 4.74 Å². The lowest BCUT2D eigenvalue weighted by Crippen LogP contribution is -2.08. The number of carbonyl (C=O) groups excluding carboxylic acids is 1. The van der Waals surface area contributed by atoms with Crippen LogP contribution in [-0.2, 0) is 12.8 Å². The van der Waals surface area contributed by atoms with Gasteiger partial charge in [-0.2, -0.15) is 0 Å². The second-order valence-corrected chi connectivity index (χ2v) is 8.57. The molecule has 0 spiro atoms. The van der Waals surface area contributed by atoms with E-state index in [-0.39, 0.29) is 5.97 Å². The number of carbonyl (C=O) groups is 1. The van der Waals surface area contributed by atoms with E-state index in [4.69, 9.17) is 4.74 Å². The van der Waals surface area contributed by atoms with Crippen LogP contribution >= 0.6 is 0 Å². The molecule has 0 aromatic heterocycles. The molecule has 0 saturated heterocycles. The molecule has 0 aliphatic heterocycles. The molecule has 0 N–H and O–H groups in total. The molecular weight excluding hydrogens is 404 g/mol. The van der Waals surface area contributed by atoms with Gasteiger partial charge in [-0.25, -0.2) is 4.79 Å². The molecule has 1 atom stereocenters. The van der Waals surface area contributed by atoms with Gasteiger partial charge in [-0.05, 0) is 70.8 Å². The largest absolute Gasteiger partial charge is 0.423 e. The van der Waals surface area contributed by atoms with Crippen LogP contribution in [-0.4, -0.2) is 5.97 Å². The summed E-state index contributed by atoms with van der Waals surface area (Å²) >= 11 is 0. The molecule has 33 heavy (non-hydrogen) atoms. The van der Waals surface area contributed by atoms with E-state index in [0.29, 0.717) is 17.2 Å². The van der Waals surface area contributed by atoms with Gasteiger partial charge in [-0.1, -0.05) is 99.1 Å². The summed E-state index contributed by atoms with van der Waals surface area (Å²) in [5.74, 6) is 0.712. The van der Waals surface area contributed by atoms with Crippen molar-refractivity contribution < 1.29 is 9.53 Å². The third-order valence-electron chi connectivity index (χ3n) is 5.99. The summed E-state index contributed by atoms with van der Waals surface area (Å²) in [5, 5.41) is 0. The van der Waals surface area contributed by atoms with Crippen molar-refractivity contribution in [3.63, 3.8) is 0 Å². The van der Waals surface area contributed by atoms with E-state index in [9.17, 15) is 4.79 Å². The van der Waals surface area contributed by atoms with Crippen molar-refractivity contribution in [2.45, 2.75) is 39.0 Å². The van der Waals surface area contributed by atoms with Gasteiger partial charge >= 0.3 is 5.97 Å². The van der Waals surface area contributed by atoms with Crippen molar-refractivity contribution in [3.05, 3.63) is 125 Å². The standard InChI is InChI=1S/C31H30O2/c1-3-7-24-12-20-30(21-13-24)33-31(32)29-18-16-28(17-19-29)27-14-10-25(11-15-27)22-23(2)26-8-5-4-6-9-26/h4-6,8-21,23H,3,7,22H2,1-2H3/t23-/m0/s1. The lowest BCUT2D eigenvalue weighted by Gasteiger charge is -2.12. The third-order valence-corrected chi connectivity index (χ3v) is 5.99. The van der Waals surface area contributed by atoms with Gasteiger partial charge in [0.1, 0.15) is 5.75 Å². The van der Waals surface area contributed by atoms with Gasteiger partial charge < -0.3 is 4.74 Å². The molecule has 4 aromatic carbocycles. The Morgan fingerprint density at radius 1 is 0.727 bits per heavy atom. The zero-order valence-electron chi connectivity index (χ0n) is 19.3. The zero-order chi connectivity index (χ0) is 23.0. The lowest BCUT2D eigenvalue weighted by atomic mass is 9.93. The smallest absolute Gasteiger partial charge is 0.343 e. The first kappa shape index (κ1) is 22.5. The van der Waals surface area contributed by atoms with E-state index in [0.717, 1.165) is 30.4 Å². The maximum absolute atomic E-state index is 12.5. The Kier molecular flexibility index (Phi) is 7.36. The van der Waals surface area contributed by atoms with Crippen LogP contribution in [0.5, 0.6) is 5.75 Å². The molecule has 0 radical (unpaired) electrons. The maximum atomic E-state index is 12.5. The van der Waals surface area contributed by atoms with E-state index < -0.39 is 0 Å². The van der Waals surface area contributed by atoms with Gasteiger partial charge in [0.25, 0.3) is 0 Å². The van der Waals surface area contributed by atoms with Gasteiger partial charge in [-0.3, -0.25) is 0 Å². The lowest BCUT2D eigenvalue weighted by molar-refractivity contribution is 0.0734. The number of rotatable bonds is 8. The molecule has 0 unspecified atom stereocenters. The Morgan fingerprint density at radius 3 is 1.91 bits per heavy atom. The molecule has 0 aliphatic carbocycles. The predicted octanol–water partition coefficient (Wildman–Crippen LogP) is 7.87. The van der Waals surface area contributed by atoms with Crippen molar-refractivity contribution in [1.29, 1.82) is 0 Å². The van der Waals surface area contributed by atoms with E-state index >= 15 is 0 Å². The second kappa shape index (κ2) is 10.8. The molecule has 0 amide bonds. The zero-order valence-corrected chi connectivity index (χ0v) is 19.3. The molecular formula is C31H30O2. The summed E-state index contributed by atoms with van der Waals surface area (Å²) in [4.78, 5) is 12.5. The normalized spacial score (nSPS) is 11.7. The highest BCUT2D eigenvalue weighted by Crippen LogP contribution is 2.24. The van der Waals surface area contributed by atoms with Crippen LogP contribution in [0.2, 0.25) is 0 Å². The number of benzene rings is 4. The number of hydrogen-bond acceptors (Lipinski definition) is 2. The highest BCUT2D eigenvalue weighted by Gasteiger charge is 2.10. The van der Waals surface area contributed by atoms with E-state index in [1.165, 1.54) is 16.7 Å². The molecule has 4 rings (SSSR count). The Labute approximate surface area is 196 Å². The summed E-state index contributed by atoms with van der Waals surface area (Å²) in [6.45, 7) is 4.42. The maximum Gasteiger partial charge on any atom is 0.343 e. The number of esters is 1. The van der Waals surface area contributed by atoms with Crippen molar-refractivity contribution >= 4 is 5.97 Å². The summed E-state index contributed by atoms with van der Waals surface area (Å²) in [6, 6.07) is 34.7. The van der Waals surface area contributed by atoms with Gasteiger partial charge in [0.05, 0.1) is 5.56 Å². The van der Waals surface area contributed by atoms with Crippen LogP contribution in [0.25, 0.3) is 11.1 Å². The van der Waals surface area contributed by atoms with Crippen LogP contribution in [0.1, 0.15) is 53.2 Å². The minimum absolute atomic E-state index is 0.338. The molecule has 0 fully saturated rings.